The van der Waals surface area contributed by atoms with Gasteiger partial charge in [0.05, 0.1) is 11.3 Å². The SMILES string of the molecule is CCC(C(=O)O)N(C)C(=O)Cc1cccc([N+](=O)[O-])c1. The summed E-state index contributed by atoms with van der Waals surface area (Å²) in [6, 6.07) is 4.86. The fourth-order valence-corrected chi connectivity index (χ4v) is 1.87. The summed E-state index contributed by atoms with van der Waals surface area (Å²) in [7, 11) is 1.42. The van der Waals surface area contributed by atoms with Gasteiger partial charge in [-0.1, -0.05) is 19.1 Å². The van der Waals surface area contributed by atoms with Gasteiger partial charge in [0, 0.05) is 19.2 Å². The summed E-state index contributed by atoms with van der Waals surface area (Å²) >= 11 is 0. The average molecular weight is 280 g/mol. The van der Waals surface area contributed by atoms with Crippen molar-refractivity contribution in [3.05, 3.63) is 39.9 Å². The van der Waals surface area contributed by atoms with Crippen LogP contribution in [0.4, 0.5) is 5.69 Å². The molecule has 0 heterocycles. The molecular weight excluding hydrogens is 264 g/mol. The molecule has 1 amide bonds. The van der Waals surface area contributed by atoms with Crippen LogP contribution < -0.4 is 0 Å². The number of non-ortho nitro benzene ring substituents is 1. The molecule has 0 aliphatic heterocycles. The standard InChI is InChI=1S/C13H16N2O5/c1-3-11(13(17)18)14(2)12(16)8-9-5-4-6-10(7-9)15(19)20/h4-7,11H,3,8H2,1-2H3,(H,17,18). The largest absolute Gasteiger partial charge is 0.480 e. The molecule has 1 unspecified atom stereocenters. The second-order valence-corrected chi connectivity index (χ2v) is 4.37. The molecule has 0 spiro atoms. The molecule has 20 heavy (non-hydrogen) atoms. The lowest BCUT2D eigenvalue weighted by Crippen LogP contribution is -2.42. The number of benzene rings is 1. The summed E-state index contributed by atoms with van der Waals surface area (Å²) in [4.78, 5) is 34.2. The van der Waals surface area contributed by atoms with Crippen molar-refractivity contribution in [2.45, 2.75) is 25.8 Å². The van der Waals surface area contributed by atoms with Gasteiger partial charge < -0.3 is 10.0 Å². The van der Waals surface area contributed by atoms with Crippen LogP contribution in [0.2, 0.25) is 0 Å². The Bertz CT molecular complexity index is 529. The summed E-state index contributed by atoms with van der Waals surface area (Å²) in [5.41, 5.74) is 0.388. The first kappa shape index (κ1) is 15.6. The van der Waals surface area contributed by atoms with Crippen LogP contribution in [0.25, 0.3) is 0 Å². The Morgan fingerprint density at radius 1 is 1.45 bits per heavy atom. The number of rotatable bonds is 6. The van der Waals surface area contributed by atoms with Crippen molar-refractivity contribution in [1.82, 2.24) is 4.90 Å². The number of nitro groups is 1. The molecule has 1 atom stereocenters. The molecule has 7 nitrogen and oxygen atoms in total. The molecule has 1 rings (SSSR count). The molecule has 1 aromatic rings. The van der Waals surface area contributed by atoms with Gasteiger partial charge in [0.2, 0.25) is 5.91 Å². The van der Waals surface area contributed by atoms with E-state index in [1.54, 1.807) is 13.0 Å². The van der Waals surface area contributed by atoms with E-state index in [9.17, 15) is 19.7 Å². The Morgan fingerprint density at radius 3 is 2.60 bits per heavy atom. The summed E-state index contributed by atoms with van der Waals surface area (Å²) in [6.07, 6.45) is 0.231. The summed E-state index contributed by atoms with van der Waals surface area (Å²) < 4.78 is 0. The maximum Gasteiger partial charge on any atom is 0.326 e. The van der Waals surface area contributed by atoms with E-state index in [0.717, 1.165) is 4.90 Å². The van der Waals surface area contributed by atoms with Crippen molar-refractivity contribution in [1.29, 1.82) is 0 Å². The van der Waals surface area contributed by atoms with Gasteiger partial charge in [-0.2, -0.15) is 0 Å². The highest BCUT2D eigenvalue weighted by Gasteiger charge is 2.24. The van der Waals surface area contributed by atoms with E-state index >= 15 is 0 Å². The molecule has 0 fully saturated rings. The van der Waals surface area contributed by atoms with Crippen LogP contribution in [0.3, 0.4) is 0 Å². The van der Waals surface area contributed by atoms with Crippen molar-refractivity contribution in [2.75, 3.05) is 7.05 Å². The smallest absolute Gasteiger partial charge is 0.326 e. The maximum absolute atomic E-state index is 12.0. The molecule has 0 aromatic heterocycles. The Morgan fingerprint density at radius 2 is 2.10 bits per heavy atom. The zero-order valence-electron chi connectivity index (χ0n) is 11.3. The predicted molar refractivity (Wildman–Crippen MR) is 71.3 cm³/mol. The fourth-order valence-electron chi connectivity index (χ4n) is 1.87. The number of hydrogen-bond donors (Lipinski definition) is 1. The lowest BCUT2D eigenvalue weighted by molar-refractivity contribution is -0.384. The van der Waals surface area contributed by atoms with Gasteiger partial charge in [-0.05, 0) is 12.0 Å². The number of hydrogen-bond acceptors (Lipinski definition) is 4. The zero-order chi connectivity index (χ0) is 15.3. The van der Waals surface area contributed by atoms with Gasteiger partial charge >= 0.3 is 5.97 Å². The van der Waals surface area contributed by atoms with Crippen LogP contribution in [-0.4, -0.2) is 39.9 Å². The first-order valence-corrected chi connectivity index (χ1v) is 6.08. The molecule has 1 aromatic carbocycles. The van der Waals surface area contributed by atoms with Crippen molar-refractivity contribution in [2.24, 2.45) is 0 Å². The number of carboxylic acid groups (broad SMARTS) is 1. The number of carbonyl (C=O) groups excluding carboxylic acids is 1. The van der Waals surface area contributed by atoms with E-state index in [1.807, 2.05) is 0 Å². The van der Waals surface area contributed by atoms with E-state index in [-0.39, 0.29) is 18.0 Å². The second kappa shape index (κ2) is 6.65. The fraction of sp³-hybridized carbons (Fsp3) is 0.385. The summed E-state index contributed by atoms with van der Waals surface area (Å²) in [6.45, 7) is 1.68. The summed E-state index contributed by atoms with van der Waals surface area (Å²) in [5, 5.41) is 19.6. The molecule has 108 valence electrons. The highest BCUT2D eigenvalue weighted by molar-refractivity contribution is 5.84. The highest BCUT2D eigenvalue weighted by atomic mass is 16.6. The van der Waals surface area contributed by atoms with Gasteiger partial charge in [0.1, 0.15) is 6.04 Å². The van der Waals surface area contributed by atoms with E-state index in [4.69, 9.17) is 5.11 Å². The van der Waals surface area contributed by atoms with Crippen molar-refractivity contribution >= 4 is 17.6 Å². The lowest BCUT2D eigenvalue weighted by atomic mass is 10.1. The van der Waals surface area contributed by atoms with Gasteiger partial charge in [0.25, 0.3) is 5.69 Å². The van der Waals surface area contributed by atoms with Crippen LogP contribution in [0.1, 0.15) is 18.9 Å². The zero-order valence-corrected chi connectivity index (χ0v) is 11.3. The number of aliphatic carboxylic acids is 1. The highest BCUT2D eigenvalue weighted by Crippen LogP contribution is 2.14. The quantitative estimate of drug-likeness (QED) is 0.628. The molecule has 0 saturated carbocycles. The van der Waals surface area contributed by atoms with Gasteiger partial charge in [0.15, 0.2) is 0 Å². The first-order valence-electron chi connectivity index (χ1n) is 6.08. The van der Waals surface area contributed by atoms with Crippen LogP contribution in [-0.2, 0) is 16.0 Å². The molecule has 7 heteroatoms. The lowest BCUT2D eigenvalue weighted by Gasteiger charge is -2.23. The van der Waals surface area contributed by atoms with E-state index in [2.05, 4.69) is 0 Å². The molecule has 0 bridgehead atoms. The monoisotopic (exact) mass is 280 g/mol. The predicted octanol–water partition coefficient (Wildman–Crippen LogP) is 1.46. The van der Waals surface area contributed by atoms with Crippen LogP contribution in [0.5, 0.6) is 0 Å². The van der Waals surface area contributed by atoms with Crippen molar-refractivity contribution < 1.29 is 19.6 Å². The second-order valence-electron chi connectivity index (χ2n) is 4.37. The average Bonchev–Trinajstić information content (AvgIpc) is 2.39. The number of likely N-dealkylation sites (N-methyl/N-ethyl adjacent to an activating group) is 1. The molecule has 1 N–H and O–H groups in total. The number of nitro benzene ring substituents is 1. The number of amides is 1. The third-order valence-electron chi connectivity index (χ3n) is 3.01. The van der Waals surface area contributed by atoms with Crippen LogP contribution in [0, 0.1) is 10.1 Å². The van der Waals surface area contributed by atoms with Crippen molar-refractivity contribution in [3.63, 3.8) is 0 Å². The van der Waals surface area contributed by atoms with Crippen molar-refractivity contribution in [3.8, 4) is 0 Å². The molecule has 0 aliphatic carbocycles. The number of carboxylic acids is 1. The van der Waals surface area contributed by atoms with Crippen LogP contribution in [0.15, 0.2) is 24.3 Å². The van der Waals surface area contributed by atoms with Crippen LogP contribution >= 0.6 is 0 Å². The normalized spacial score (nSPS) is 11.7. The Hall–Kier alpha value is -2.44. The topological polar surface area (TPSA) is 101 Å². The molecule has 0 aliphatic rings. The minimum absolute atomic E-state index is 0.0675. The maximum atomic E-state index is 12.0. The third kappa shape index (κ3) is 3.78. The first-order chi connectivity index (χ1) is 9.36. The Kier molecular flexibility index (Phi) is 5.19. The molecular formula is C13H16N2O5. The van der Waals surface area contributed by atoms with Gasteiger partial charge in [-0.15, -0.1) is 0 Å². The Balaban J connectivity index is 2.82. The summed E-state index contributed by atoms with van der Waals surface area (Å²) in [5.74, 6) is -1.46. The number of carbonyl (C=O) groups is 2. The van der Waals surface area contributed by atoms with Gasteiger partial charge in [-0.25, -0.2) is 4.79 Å². The van der Waals surface area contributed by atoms with E-state index < -0.39 is 16.9 Å². The van der Waals surface area contributed by atoms with E-state index in [1.165, 1.54) is 25.2 Å². The minimum Gasteiger partial charge on any atom is -0.480 e. The molecule has 0 radical (unpaired) electrons. The van der Waals surface area contributed by atoms with E-state index in [0.29, 0.717) is 12.0 Å². The van der Waals surface area contributed by atoms with Gasteiger partial charge in [-0.3, -0.25) is 14.9 Å². The number of nitrogens with zero attached hydrogens (tertiary/aromatic N) is 2. The molecule has 0 saturated heterocycles. The minimum atomic E-state index is -1.07. The Labute approximate surface area is 116 Å². The third-order valence-corrected chi connectivity index (χ3v) is 3.01.